The Labute approximate surface area is 124 Å². The first-order valence-electron chi connectivity index (χ1n) is 7.24. The van der Waals surface area contributed by atoms with Crippen molar-refractivity contribution in [3.8, 4) is 0 Å². The summed E-state index contributed by atoms with van der Waals surface area (Å²) >= 11 is 0. The molecule has 0 spiro atoms. The predicted molar refractivity (Wildman–Crippen MR) is 80.4 cm³/mol. The van der Waals surface area contributed by atoms with Crippen molar-refractivity contribution in [1.82, 2.24) is 0 Å². The third-order valence-corrected chi connectivity index (χ3v) is 4.08. The van der Waals surface area contributed by atoms with Crippen molar-refractivity contribution in [1.29, 1.82) is 0 Å². The van der Waals surface area contributed by atoms with Gasteiger partial charge in [0.05, 0.1) is 16.6 Å². The van der Waals surface area contributed by atoms with Crippen molar-refractivity contribution in [2.45, 2.75) is 44.8 Å². The average Bonchev–Trinajstić information content (AvgIpc) is 2.59. The molecule has 1 unspecified atom stereocenters. The summed E-state index contributed by atoms with van der Waals surface area (Å²) in [6, 6.07) is 4.85. The molecule has 2 rings (SSSR count). The van der Waals surface area contributed by atoms with Crippen LogP contribution in [0.1, 0.15) is 44.8 Å². The normalized spacial score (nSPS) is 24.5. The van der Waals surface area contributed by atoms with E-state index in [4.69, 9.17) is 0 Å². The van der Waals surface area contributed by atoms with Crippen LogP contribution in [0.25, 0.3) is 0 Å². The highest BCUT2D eigenvalue weighted by atomic mass is 16.6. The largest absolute Gasteiger partial charge is 0.390 e. The quantitative estimate of drug-likeness (QED) is 0.660. The number of nitrogens with zero attached hydrogens (tertiary/aromatic N) is 2. The Bertz CT molecular complexity index is 528. The lowest BCUT2D eigenvalue weighted by molar-refractivity contribution is -0.384. The number of aliphatic hydroxyl groups excluding tert-OH is 1. The van der Waals surface area contributed by atoms with Gasteiger partial charge in [-0.2, -0.15) is 0 Å². The van der Waals surface area contributed by atoms with Gasteiger partial charge in [-0.3, -0.25) is 10.1 Å². The molecule has 6 heteroatoms. The topological polar surface area (TPSA) is 86.8 Å². The summed E-state index contributed by atoms with van der Waals surface area (Å²) in [7, 11) is 0. The van der Waals surface area contributed by atoms with E-state index < -0.39 is 16.6 Å². The Morgan fingerprint density at radius 2 is 2.10 bits per heavy atom. The second-order valence-corrected chi connectivity index (χ2v) is 6.02. The summed E-state index contributed by atoms with van der Waals surface area (Å²) in [5.74, 6) is 0. The van der Waals surface area contributed by atoms with E-state index in [1.54, 1.807) is 26.0 Å². The van der Waals surface area contributed by atoms with E-state index in [9.17, 15) is 20.3 Å². The maximum Gasteiger partial charge on any atom is 0.292 e. The van der Waals surface area contributed by atoms with E-state index in [2.05, 4.69) is 0 Å². The highest BCUT2D eigenvalue weighted by Gasteiger charge is 2.28. The number of hydrogen-bond acceptors (Lipinski definition) is 5. The fourth-order valence-electron chi connectivity index (χ4n) is 2.72. The second kappa shape index (κ2) is 5.99. The van der Waals surface area contributed by atoms with Crippen LogP contribution in [-0.2, 0) is 0 Å². The van der Waals surface area contributed by atoms with Gasteiger partial charge in [-0.05, 0) is 44.7 Å². The fraction of sp³-hybridized carbons (Fsp3) is 0.600. The van der Waals surface area contributed by atoms with Gasteiger partial charge in [-0.15, -0.1) is 0 Å². The van der Waals surface area contributed by atoms with Gasteiger partial charge in [0, 0.05) is 19.2 Å². The molecular weight excluding hydrogens is 272 g/mol. The minimum absolute atomic E-state index is 0.00921. The van der Waals surface area contributed by atoms with Crippen LogP contribution >= 0.6 is 0 Å². The van der Waals surface area contributed by atoms with Crippen molar-refractivity contribution in [2.24, 2.45) is 0 Å². The molecule has 116 valence electrons. The SMILES string of the molecule is C[C@@H](O)c1ccc(N2CCCC(C)(O)CC2)c([N+](=O)[O-])c1. The molecule has 2 atom stereocenters. The predicted octanol–water partition coefficient (Wildman–Crippen LogP) is 2.39. The van der Waals surface area contributed by atoms with Gasteiger partial charge in [-0.1, -0.05) is 6.07 Å². The van der Waals surface area contributed by atoms with E-state index in [0.717, 1.165) is 6.42 Å². The van der Waals surface area contributed by atoms with E-state index >= 15 is 0 Å². The number of nitro groups is 1. The van der Waals surface area contributed by atoms with Gasteiger partial charge in [0.1, 0.15) is 5.69 Å². The van der Waals surface area contributed by atoms with Gasteiger partial charge < -0.3 is 15.1 Å². The van der Waals surface area contributed by atoms with Gasteiger partial charge in [0.15, 0.2) is 0 Å². The van der Waals surface area contributed by atoms with Crippen molar-refractivity contribution in [3.05, 3.63) is 33.9 Å². The standard InChI is InChI=1S/C15H22N2O4/c1-11(18)12-4-5-13(14(10-12)17(20)21)16-8-3-6-15(2,19)7-9-16/h4-5,10-11,18-19H,3,6-9H2,1-2H3/t11-,15?/m1/s1. The van der Waals surface area contributed by atoms with E-state index in [1.807, 2.05) is 4.90 Å². The Balaban J connectivity index is 2.32. The molecular formula is C15H22N2O4. The lowest BCUT2D eigenvalue weighted by Crippen LogP contribution is -2.28. The molecule has 1 fully saturated rings. The van der Waals surface area contributed by atoms with Crippen molar-refractivity contribution < 1.29 is 15.1 Å². The smallest absolute Gasteiger partial charge is 0.292 e. The number of anilines is 1. The highest BCUT2D eigenvalue weighted by Crippen LogP contribution is 2.33. The van der Waals surface area contributed by atoms with Crippen molar-refractivity contribution in [3.63, 3.8) is 0 Å². The molecule has 1 aliphatic rings. The minimum atomic E-state index is -0.734. The number of rotatable bonds is 3. The summed E-state index contributed by atoms with van der Waals surface area (Å²) in [4.78, 5) is 12.8. The first kappa shape index (κ1) is 15.7. The Kier molecular flexibility index (Phi) is 4.49. The molecule has 0 amide bonds. The van der Waals surface area contributed by atoms with Crippen LogP contribution in [0, 0.1) is 10.1 Å². The van der Waals surface area contributed by atoms with E-state index in [0.29, 0.717) is 37.2 Å². The molecule has 6 nitrogen and oxygen atoms in total. The Morgan fingerprint density at radius 3 is 2.71 bits per heavy atom. The van der Waals surface area contributed by atoms with Gasteiger partial charge >= 0.3 is 0 Å². The number of aliphatic hydroxyl groups is 2. The molecule has 2 N–H and O–H groups in total. The van der Waals surface area contributed by atoms with Crippen LogP contribution in [-0.4, -0.2) is 33.8 Å². The molecule has 0 radical (unpaired) electrons. The molecule has 21 heavy (non-hydrogen) atoms. The molecule has 1 aliphatic heterocycles. The van der Waals surface area contributed by atoms with Crippen LogP contribution in [0.4, 0.5) is 11.4 Å². The Morgan fingerprint density at radius 1 is 1.38 bits per heavy atom. The number of hydrogen-bond donors (Lipinski definition) is 2. The second-order valence-electron chi connectivity index (χ2n) is 6.02. The van der Waals surface area contributed by atoms with Gasteiger partial charge in [-0.25, -0.2) is 0 Å². The maximum absolute atomic E-state index is 11.3. The van der Waals surface area contributed by atoms with Crippen LogP contribution in [0.3, 0.4) is 0 Å². The number of benzene rings is 1. The summed E-state index contributed by atoms with van der Waals surface area (Å²) in [5.41, 5.74) is 0.396. The third kappa shape index (κ3) is 3.71. The zero-order valence-electron chi connectivity index (χ0n) is 12.5. The molecule has 0 aliphatic carbocycles. The van der Waals surface area contributed by atoms with E-state index in [1.165, 1.54) is 6.07 Å². The summed E-state index contributed by atoms with van der Waals surface area (Å²) < 4.78 is 0. The summed E-state index contributed by atoms with van der Waals surface area (Å²) in [6.45, 7) is 4.66. The van der Waals surface area contributed by atoms with Crippen molar-refractivity contribution >= 4 is 11.4 Å². The monoisotopic (exact) mass is 294 g/mol. The van der Waals surface area contributed by atoms with Crippen LogP contribution < -0.4 is 4.90 Å². The van der Waals surface area contributed by atoms with Crippen LogP contribution in [0.15, 0.2) is 18.2 Å². The summed E-state index contributed by atoms with van der Waals surface area (Å²) in [6.07, 6.45) is 1.34. The Hall–Kier alpha value is -1.66. The molecule has 1 heterocycles. The van der Waals surface area contributed by atoms with E-state index in [-0.39, 0.29) is 5.69 Å². The summed E-state index contributed by atoms with van der Waals surface area (Å²) in [5, 5.41) is 31.0. The molecule has 1 aromatic carbocycles. The zero-order valence-corrected chi connectivity index (χ0v) is 12.5. The van der Waals surface area contributed by atoms with Gasteiger partial charge in [0.2, 0.25) is 0 Å². The molecule has 0 aromatic heterocycles. The average molecular weight is 294 g/mol. The number of nitro benzene ring substituents is 1. The van der Waals surface area contributed by atoms with Crippen LogP contribution in [0.2, 0.25) is 0 Å². The molecule has 0 bridgehead atoms. The minimum Gasteiger partial charge on any atom is -0.390 e. The molecule has 1 saturated heterocycles. The zero-order chi connectivity index (χ0) is 15.6. The third-order valence-electron chi connectivity index (χ3n) is 4.08. The maximum atomic E-state index is 11.3. The highest BCUT2D eigenvalue weighted by molar-refractivity contribution is 5.64. The first-order valence-corrected chi connectivity index (χ1v) is 7.24. The lowest BCUT2D eigenvalue weighted by Gasteiger charge is -2.24. The van der Waals surface area contributed by atoms with Crippen LogP contribution in [0.5, 0.6) is 0 Å². The molecule has 1 aromatic rings. The van der Waals surface area contributed by atoms with Gasteiger partial charge in [0.25, 0.3) is 5.69 Å². The first-order chi connectivity index (χ1) is 9.80. The van der Waals surface area contributed by atoms with Crippen molar-refractivity contribution in [2.75, 3.05) is 18.0 Å². The lowest BCUT2D eigenvalue weighted by atomic mass is 9.98. The fourth-order valence-corrected chi connectivity index (χ4v) is 2.72. The molecule has 0 saturated carbocycles.